The highest BCUT2D eigenvalue weighted by atomic mass is 16.3. The number of nitrogens with one attached hydrogen (secondary N) is 1. The van der Waals surface area contributed by atoms with Crippen LogP contribution in [0.2, 0.25) is 0 Å². The normalized spacial score (nSPS) is 20.0. The first-order chi connectivity index (χ1) is 10.3. The van der Waals surface area contributed by atoms with Gasteiger partial charge in [-0.15, -0.1) is 0 Å². The molecule has 0 radical (unpaired) electrons. The number of rotatable bonds is 8. The van der Waals surface area contributed by atoms with E-state index in [1.807, 2.05) is 0 Å². The Hall–Kier alpha value is -1.06. The Morgan fingerprint density at radius 2 is 2.05 bits per heavy atom. The van der Waals surface area contributed by atoms with E-state index in [1.54, 1.807) is 0 Å². The summed E-state index contributed by atoms with van der Waals surface area (Å²) in [5.74, 6) is 0.657. The largest absolute Gasteiger partial charge is 0.396 e. The van der Waals surface area contributed by atoms with Gasteiger partial charge in [0.1, 0.15) is 0 Å². The molecule has 3 nitrogen and oxygen atoms in total. The Balaban J connectivity index is 1.95. The van der Waals surface area contributed by atoms with Crippen LogP contribution in [0.1, 0.15) is 51.1 Å². The van der Waals surface area contributed by atoms with E-state index in [4.69, 9.17) is 5.11 Å². The lowest BCUT2D eigenvalue weighted by Gasteiger charge is -2.21. The van der Waals surface area contributed by atoms with Crippen molar-refractivity contribution in [3.63, 3.8) is 0 Å². The van der Waals surface area contributed by atoms with E-state index >= 15 is 0 Å². The highest BCUT2D eigenvalue weighted by molar-refractivity contribution is 5.49. The maximum Gasteiger partial charge on any atom is 0.0434 e. The molecular formula is C18H30N2O. The van der Waals surface area contributed by atoms with Crippen molar-refractivity contribution < 1.29 is 5.11 Å². The molecule has 2 unspecified atom stereocenters. The van der Waals surface area contributed by atoms with Crippen LogP contribution in [-0.4, -0.2) is 31.3 Å². The Bertz CT molecular complexity index is 404. The van der Waals surface area contributed by atoms with E-state index in [0.29, 0.717) is 18.6 Å². The molecule has 118 valence electrons. The van der Waals surface area contributed by atoms with E-state index < -0.39 is 0 Å². The van der Waals surface area contributed by atoms with Gasteiger partial charge in [0.15, 0.2) is 0 Å². The minimum Gasteiger partial charge on any atom is -0.396 e. The summed E-state index contributed by atoms with van der Waals surface area (Å²) in [5.41, 5.74) is 2.71. The van der Waals surface area contributed by atoms with Gasteiger partial charge in [-0.25, -0.2) is 0 Å². The molecule has 2 rings (SSSR count). The van der Waals surface area contributed by atoms with Crippen LogP contribution in [0, 0.1) is 5.92 Å². The average Bonchev–Trinajstić information content (AvgIpc) is 2.98. The fraction of sp³-hybridized carbons (Fsp3) is 0.667. The van der Waals surface area contributed by atoms with Crippen LogP contribution in [0.25, 0.3) is 0 Å². The van der Waals surface area contributed by atoms with Crippen LogP contribution >= 0.6 is 0 Å². The van der Waals surface area contributed by atoms with Gasteiger partial charge in [0.05, 0.1) is 0 Å². The highest BCUT2D eigenvalue weighted by Gasteiger charge is 2.22. The predicted octanol–water partition coefficient (Wildman–Crippen LogP) is 3.35. The molecule has 21 heavy (non-hydrogen) atoms. The molecule has 1 aliphatic heterocycles. The maximum atomic E-state index is 9.05. The SMILES string of the molecule is CCCNC(CC)c1ccc(N2CCC(CCO)C2)cc1. The zero-order valence-electron chi connectivity index (χ0n) is 13.5. The van der Waals surface area contributed by atoms with E-state index in [2.05, 4.69) is 48.3 Å². The molecule has 3 heteroatoms. The number of aliphatic hydroxyl groups excluding tert-OH is 1. The van der Waals surface area contributed by atoms with E-state index in [-0.39, 0.29) is 0 Å². The molecule has 1 saturated heterocycles. The Labute approximate surface area is 129 Å². The van der Waals surface area contributed by atoms with Gasteiger partial charge in [0.2, 0.25) is 0 Å². The third kappa shape index (κ3) is 4.45. The smallest absolute Gasteiger partial charge is 0.0434 e. The summed E-state index contributed by atoms with van der Waals surface area (Å²) in [5, 5.41) is 12.7. The van der Waals surface area contributed by atoms with Crippen LogP contribution < -0.4 is 10.2 Å². The minimum absolute atomic E-state index is 0.318. The lowest BCUT2D eigenvalue weighted by atomic mass is 10.0. The number of hydrogen-bond acceptors (Lipinski definition) is 3. The third-order valence-electron chi connectivity index (χ3n) is 4.53. The van der Waals surface area contributed by atoms with Crippen LogP contribution in [-0.2, 0) is 0 Å². The topological polar surface area (TPSA) is 35.5 Å². The van der Waals surface area contributed by atoms with Crippen molar-refractivity contribution in [3.8, 4) is 0 Å². The van der Waals surface area contributed by atoms with Gasteiger partial charge in [-0.2, -0.15) is 0 Å². The first-order valence-corrected chi connectivity index (χ1v) is 8.47. The molecule has 2 N–H and O–H groups in total. The van der Waals surface area contributed by atoms with Crippen molar-refractivity contribution in [2.75, 3.05) is 31.1 Å². The lowest BCUT2D eigenvalue weighted by molar-refractivity contribution is 0.263. The summed E-state index contributed by atoms with van der Waals surface area (Å²) < 4.78 is 0. The second-order valence-electron chi connectivity index (χ2n) is 6.12. The summed E-state index contributed by atoms with van der Waals surface area (Å²) >= 11 is 0. The second kappa shape index (κ2) is 8.40. The van der Waals surface area contributed by atoms with E-state index in [0.717, 1.165) is 32.5 Å². The quantitative estimate of drug-likeness (QED) is 0.771. The zero-order valence-corrected chi connectivity index (χ0v) is 13.5. The fourth-order valence-corrected chi connectivity index (χ4v) is 3.22. The molecular weight excluding hydrogens is 260 g/mol. The molecule has 1 aliphatic rings. The van der Waals surface area contributed by atoms with Crippen molar-refractivity contribution in [1.82, 2.24) is 5.32 Å². The summed E-state index contributed by atoms with van der Waals surface area (Å²) in [6.07, 6.45) is 4.45. The van der Waals surface area contributed by atoms with Crippen molar-refractivity contribution in [2.45, 2.75) is 45.6 Å². The molecule has 1 heterocycles. The molecule has 0 amide bonds. The second-order valence-corrected chi connectivity index (χ2v) is 6.12. The molecule has 2 atom stereocenters. The number of nitrogens with zero attached hydrogens (tertiary/aromatic N) is 1. The molecule has 0 aromatic heterocycles. The van der Waals surface area contributed by atoms with Crippen molar-refractivity contribution >= 4 is 5.69 Å². The van der Waals surface area contributed by atoms with Crippen LogP contribution in [0.3, 0.4) is 0 Å². The highest BCUT2D eigenvalue weighted by Crippen LogP contribution is 2.27. The Kier molecular flexibility index (Phi) is 6.52. The molecule has 0 bridgehead atoms. The number of anilines is 1. The van der Waals surface area contributed by atoms with Crippen LogP contribution in [0.4, 0.5) is 5.69 Å². The standard InChI is InChI=1S/C18H30N2O/c1-3-11-19-18(4-2)16-5-7-17(8-6-16)20-12-9-15(14-20)10-13-21/h5-8,15,18-19,21H,3-4,9-14H2,1-2H3. The number of benzene rings is 1. The minimum atomic E-state index is 0.318. The third-order valence-corrected chi connectivity index (χ3v) is 4.53. The first kappa shape index (κ1) is 16.3. The van der Waals surface area contributed by atoms with Gasteiger partial charge in [-0.1, -0.05) is 26.0 Å². The summed E-state index contributed by atoms with van der Waals surface area (Å²) in [6, 6.07) is 9.52. The van der Waals surface area contributed by atoms with Gasteiger partial charge in [0.25, 0.3) is 0 Å². The summed E-state index contributed by atoms with van der Waals surface area (Å²) in [7, 11) is 0. The summed E-state index contributed by atoms with van der Waals surface area (Å²) in [6.45, 7) is 8.05. The molecule has 1 fully saturated rings. The van der Waals surface area contributed by atoms with Crippen LogP contribution in [0.15, 0.2) is 24.3 Å². The van der Waals surface area contributed by atoms with Crippen molar-refractivity contribution in [2.24, 2.45) is 5.92 Å². The molecule has 0 spiro atoms. The number of hydrogen-bond donors (Lipinski definition) is 2. The molecule has 0 saturated carbocycles. The first-order valence-electron chi connectivity index (χ1n) is 8.47. The van der Waals surface area contributed by atoms with Crippen molar-refractivity contribution in [1.29, 1.82) is 0 Å². The van der Waals surface area contributed by atoms with Gasteiger partial charge in [0, 0.05) is 31.4 Å². The molecule has 1 aromatic rings. The maximum absolute atomic E-state index is 9.05. The predicted molar refractivity (Wildman–Crippen MR) is 89.8 cm³/mol. The van der Waals surface area contributed by atoms with Gasteiger partial charge >= 0.3 is 0 Å². The van der Waals surface area contributed by atoms with Crippen molar-refractivity contribution in [3.05, 3.63) is 29.8 Å². The molecule has 0 aliphatic carbocycles. The summed E-state index contributed by atoms with van der Waals surface area (Å²) in [4.78, 5) is 2.45. The zero-order chi connectivity index (χ0) is 15.1. The van der Waals surface area contributed by atoms with E-state index in [9.17, 15) is 0 Å². The van der Waals surface area contributed by atoms with Crippen LogP contribution in [0.5, 0.6) is 0 Å². The lowest BCUT2D eigenvalue weighted by Crippen LogP contribution is -2.22. The Morgan fingerprint density at radius 1 is 1.29 bits per heavy atom. The van der Waals surface area contributed by atoms with Gasteiger partial charge in [-0.3, -0.25) is 0 Å². The Morgan fingerprint density at radius 3 is 2.67 bits per heavy atom. The van der Waals surface area contributed by atoms with Gasteiger partial charge < -0.3 is 15.3 Å². The number of aliphatic hydroxyl groups is 1. The monoisotopic (exact) mass is 290 g/mol. The van der Waals surface area contributed by atoms with E-state index in [1.165, 1.54) is 24.1 Å². The molecule has 1 aromatic carbocycles. The van der Waals surface area contributed by atoms with Gasteiger partial charge in [-0.05, 0) is 55.8 Å². The fourth-order valence-electron chi connectivity index (χ4n) is 3.22. The average molecular weight is 290 g/mol.